The van der Waals surface area contributed by atoms with Gasteiger partial charge in [-0.2, -0.15) is 0 Å². The first-order chi connectivity index (χ1) is 20.6. The van der Waals surface area contributed by atoms with Crippen molar-refractivity contribution in [3.05, 3.63) is 151 Å². The lowest BCUT2D eigenvalue weighted by Crippen LogP contribution is -1.97. The number of fused-ring (bicyclic) bond motifs is 9. The summed E-state index contributed by atoms with van der Waals surface area (Å²) in [7, 11) is 0. The molecule has 0 N–H and O–H groups in total. The summed E-state index contributed by atoms with van der Waals surface area (Å²) in [5.74, 6) is 0. The van der Waals surface area contributed by atoms with Crippen LogP contribution in [0.5, 0.6) is 0 Å². The predicted molar refractivity (Wildman–Crippen MR) is 177 cm³/mol. The van der Waals surface area contributed by atoms with Gasteiger partial charge in [-0.05, 0) is 99.8 Å². The Bertz CT molecular complexity index is 2140. The molecule has 0 amide bonds. The first-order valence-electron chi connectivity index (χ1n) is 14.6. The monoisotopic (exact) mass is 535 g/mol. The second kappa shape index (κ2) is 9.68. The smallest absolute Gasteiger partial charge is 0.0716 e. The van der Waals surface area contributed by atoms with Crippen LogP contribution >= 0.6 is 0 Å². The average molecular weight is 536 g/mol. The molecule has 1 heterocycles. The second-order valence-corrected chi connectivity index (χ2v) is 11.3. The minimum absolute atomic E-state index is 1.00. The fourth-order valence-electron chi connectivity index (χ4n) is 6.71. The number of rotatable bonds is 2. The predicted octanol–water partition coefficient (Wildman–Crippen LogP) is 11.2. The van der Waals surface area contributed by atoms with Gasteiger partial charge in [-0.1, -0.05) is 120 Å². The molecule has 1 aromatic heterocycles. The van der Waals surface area contributed by atoms with E-state index >= 15 is 0 Å². The van der Waals surface area contributed by atoms with Crippen LogP contribution in [0.2, 0.25) is 0 Å². The third kappa shape index (κ3) is 3.97. The van der Waals surface area contributed by atoms with E-state index < -0.39 is 0 Å². The number of hydrogen-bond acceptors (Lipinski definition) is 1. The molecule has 1 aliphatic rings. The summed E-state index contributed by atoms with van der Waals surface area (Å²) >= 11 is 0. The molecule has 8 rings (SSSR count). The molecule has 0 spiro atoms. The maximum Gasteiger partial charge on any atom is 0.0716 e. The highest BCUT2D eigenvalue weighted by Gasteiger charge is 2.22. The molecule has 7 aromatic rings. The highest BCUT2D eigenvalue weighted by Crippen LogP contribution is 2.48. The molecular formula is C41H29N. The van der Waals surface area contributed by atoms with Crippen molar-refractivity contribution in [2.24, 2.45) is 0 Å². The minimum atomic E-state index is 1.00. The van der Waals surface area contributed by atoms with Crippen LogP contribution < -0.4 is 0 Å². The topological polar surface area (TPSA) is 12.9 Å². The van der Waals surface area contributed by atoms with Crippen LogP contribution in [0.25, 0.3) is 77.8 Å². The normalized spacial score (nSPS) is 11.6. The van der Waals surface area contributed by atoms with Gasteiger partial charge >= 0.3 is 0 Å². The number of hydrogen-bond donors (Lipinski definition) is 0. The third-order valence-electron chi connectivity index (χ3n) is 8.51. The van der Waals surface area contributed by atoms with Gasteiger partial charge < -0.3 is 0 Å². The van der Waals surface area contributed by atoms with Crippen LogP contribution in [0, 0.1) is 13.8 Å². The quantitative estimate of drug-likeness (QED) is 0.214. The molecule has 0 unspecified atom stereocenters. The number of aromatic nitrogens is 1. The van der Waals surface area contributed by atoms with Gasteiger partial charge in [0.1, 0.15) is 0 Å². The fraction of sp³-hybridized carbons (Fsp3) is 0.0488. The molecule has 42 heavy (non-hydrogen) atoms. The summed E-state index contributed by atoms with van der Waals surface area (Å²) in [5, 5.41) is 1.16. The van der Waals surface area contributed by atoms with Gasteiger partial charge in [-0.15, -0.1) is 0 Å². The Morgan fingerprint density at radius 2 is 0.833 bits per heavy atom. The Morgan fingerprint density at radius 3 is 1.40 bits per heavy atom. The third-order valence-corrected chi connectivity index (χ3v) is 8.51. The Morgan fingerprint density at radius 1 is 0.357 bits per heavy atom. The van der Waals surface area contributed by atoms with Crippen molar-refractivity contribution in [3.63, 3.8) is 0 Å². The van der Waals surface area contributed by atoms with Crippen LogP contribution in [-0.4, -0.2) is 4.98 Å². The van der Waals surface area contributed by atoms with Crippen molar-refractivity contribution in [3.8, 4) is 66.9 Å². The lowest BCUT2D eigenvalue weighted by molar-refractivity contribution is 1.34. The van der Waals surface area contributed by atoms with E-state index in [0.717, 1.165) is 22.2 Å². The lowest BCUT2D eigenvalue weighted by atomic mass is 9.80. The zero-order chi connectivity index (χ0) is 28.2. The maximum absolute atomic E-state index is 5.12. The van der Waals surface area contributed by atoms with Crippen LogP contribution in [0.1, 0.15) is 11.1 Å². The standard InChI is InChI=1S/C41H29N/c1-26-21-27(2)23-29(22-26)41-25-38(37-17-9-10-18-40(37)42-41)28-19-20-36-34-15-6-5-13-32(34)30-11-3-4-12-31(30)33-14-7-8-16-35(33)39(36)24-28/h3-25H,1-2H3. The number of benzene rings is 6. The van der Waals surface area contributed by atoms with Crippen molar-refractivity contribution < 1.29 is 0 Å². The number of para-hydroxylation sites is 1. The molecule has 0 aliphatic heterocycles. The molecule has 0 bridgehead atoms. The van der Waals surface area contributed by atoms with Crippen molar-refractivity contribution in [1.82, 2.24) is 4.98 Å². The van der Waals surface area contributed by atoms with Crippen molar-refractivity contribution in [2.75, 3.05) is 0 Å². The molecule has 0 radical (unpaired) electrons. The summed E-state index contributed by atoms with van der Waals surface area (Å²) < 4.78 is 0. The molecule has 1 aliphatic carbocycles. The highest BCUT2D eigenvalue weighted by molar-refractivity contribution is 6.05. The number of pyridine rings is 1. The zero-order valence-corrected chi connectivity index (χ0v) is 23.7. The Hall–Kier alpha value is -5.27. The minimum Gasteiger partial charge on any atom is -0.248 e. The van der Waals surface area contributed by atoms with Crippen LogP contribution in [-0.2, 0) is 0 Å². The van der Waals surface area contributed by atoms with Crippen LogP contribution in [0.3, 0.4) is 0 Å². The van der Waals surface area contributed by atoms with E-state index in [-0.39, 0.29) is 0 Å². The SMILES string of the molecule is Cc1cc(C)cc(-c2cc(-c3ccc4c(c3)-c3ccccc3-c3ccccc3-c3ccccc3-4)c3ccccc3n2)c1. The summed E-state index contributed by atoms with van der Waals surface area (Å²) in [5.41, 5.74) is 18.1. The van der Waals surface area contributed by atoms with E-state index in [1.54, 1.807) is 0 Å². The van der Waals surface area contributed by atoms with E-state index in [4.69, 9.17) is 4.98 Å². The lowest BCUT2D eigenvalue weighted by Gasteiger charge is -2.23. The van der Waals surface area contributed by atoms with Gasteiger partial charge in [0.05, 0.1) is 11.2 Å². The van der Waals surface area contributed by atoms with Gasteiger partial charge in [0, 0.05) is 10.9 Å². The van der Waals surface area contributed by atoms with Crippen molar-refractivity contribution >= 4 is 10.9 Å². The number of aryl methyl sites for hydroxylation is 2. The van der Waals surface area contributed by atoms with Gasteiger partial charge in [0.2, 0.25) is 0 Å². The molecule has 0 fully saturated rings. The molecule has 0 saturated carbocycles. The van der Waals surface area contributed by atoms with Gasteiger partial charge in [0.25, 0.3) is 0 Å². The van der Waals surface area contributed by atoms with Gasteiger partial charge in [-0.25, -0.2) is 4.98 Å². The zero-order valence-electron chi connectivity index (χ0n) is 23.7. The first-order valence-corrected chi connectivity index (χ1v) is 14.6. The molecule has 0 atom stereocenters. The molecule has 198 valence electrons. The maximum atomic E-state index is 5.12. The first kappa shape index (κ1) is 24.5. The molecule has 1 heteroatoms. The van der Waals surface area contributed by atoms with Gasteiger partial charge in [-0.3, -0.25) is 0 Å². The molecule has 6 aromatic carbocycles. The van der Waals surface area contributed by atoms with E-state index in [9.17, 15) is 0 Å². The van der Waals surface area contributed by atoms with E-state index in [2.05, 4.69) is 153 Å². The Labute approximate surface area is 246 Å². The Kier molecular flexibility index (Phi) is 5.65. The highest BCUT2D eigenvalue weighted by atomic mass is 14.7. The van der Waals surface area contributed by atoms with E-state index in [1.165, 1.54) is 66.8 Å². The molecular weight excluding hydrogens is 506 g/mol. The van der Waals surface area contributed by atoms with E-state index in [1.807, 2.05) is 0 Å². The van der Waals surface area contributed by atoms with Crippen molar-refractivity contribution in [1.29, 1.82) is 0 Å². The summed E-state index contributed by atoms with van der Waals surface area (Å²) in [6, 6.07) is 50.9. The summed E-state index contributed by atoms with van der Waals surface area (Å²) in [4.78, 5) is 5.12. The summed E-state index contributed by atoms with van der Waals surface area (Å²) in [6.45, 7) is 4.31. The fourth-order valence-corrected chi connectivity index (χ4v) is 6.71. The summed E-state index contributed by atoms with van der Waals surface area (Å²) in [6.07, 6.45) is 0. The second-order valence-electron chi connectivity index (χ2n) is 11.3. The van der Waals surface area contributed by atoms with Crippen LogP contribution in [0.15, 0.2) is 140 Å². The molecule has 0 saturated heterocycles. The van der Waals surface area contributed by atoms with Gasteiger partial charge in [0.15, 0.2) is 0 Å². The largest absolute Gasteiger partial charge is 0.248 e. The Balaban J connectivity index is 1.42. The molecule has 1 nitrogen and oxygen atoms in total. The van der Waals surface area contributed by atoms with Crippen molar-refractivity contribution in [2.45, 2.75) is 13.8 Å². The van der Waals surface area contributed by atoms with Crippen LogP contribution in [0.4, 0.5) is 0 Å². The van der Waals surface area contributed by atoms with E-state index in [0.29, 0.717) is 0 Å². The average Bonchev–Trinajstić information content (AvgIpc) is 3.03. The number of nitrogens with zero attached hydrogens (tertiary/aromatic N) is 1.